The molecule has 1 N–H and O–H groups in total. The van der Waals surface area contributed by atoms with Gasteiger partial charge in [-0.3, -0.25) is 4.79 Å². The average Bonchev–Trinajstić information content (AvgIpc) is 3.12. The predicted molar refractivity (Wildman–Crippen MR) is 101 cm³/mol. The van der Waals surface area contributed by atoms with Crippen molar-refractivity contribution in [3.8, 4) is 0 Å². The van der Waals surface area contributed by atoms with E-state index in [2.05, 4.69) is 5.32 Å². The van der Waals surface area contributed by atoms with Gasteiger partial charge in [-0.1, -0.05) is 17.7 Å². The van der Waals surface area contributed by atoms with E-state index in [9.17, 15) is 4.79 Å². The van der Waals surface area contributed by atoms with E-state index in [-0.39, 0.29) is 11.9 Å². The van der Waals surface area contributed by atoms with Gasteiger partial charge in [-0.05, 0) is 58.3 Å². The minimum atomic E-state index is -0.483. The van der Waals surface area contributed by atoms with Gasteiger partial charge in [-0.15, -0.1) is 0 Å². The van der Waals surface area contributed by atoms with Crippen LogP contribution >= 0.6 is 11.6 Å². The lowest BCUT2D eigenvalue weighted by molar-refractivity contribution is 0.00578. The highest BCUT2D eigenvalue weighted by atomic mass is 35.5. The lowest BCUT2D eigenvalue weighted by atomic mass is 9.79. The predicted octanol–water partition coefficient (Wildman–Crippen LogP) is 2.07. The molecule has 2 fully saturated rings. The van der Waals surface area contributed by atoms with Crippen LogP contribution in [0.25, 0.3) is 0 Å². The van der Waals surface area contributed by atoms with Crippen LogP contribution in [0.2, 0.25) is 5.02 Å². The Bertz CT molecular complexity index is 658. The number of amides is 1. The summed E-state index contributed by atoms with van der Waals surface area (Å²) >= 11 is 6.42. The molecule has 0 spiro atoms. The molecule has 1 amide bonds. The molecule has 1 atom stereocenters. The van der Waals surface area contributed by atoms with Gasteiger partial charge in [-0.2, -0.15) is 0 Å². The minimum Gasteiger partial charge on any atom is -0.399 e. The smallest absolute Gasteiger partial charge is 0.399 e. The third-order valence-electron chi connectivity index (χ3n) is 5.65. The third-order valence-corrected chi connectivity index (χ3v) is 5.96. The number of hydrogen-bond donors (Lipinski definition) is 1. The fourth-order valence-electron chi connectivity index (χ4n) is 3.16. The SMILES string of the molecule is CN(C(=O)c1ccc(B2OC(C)(C)C(C)(C)O2)cc1Cl)[C@H]1CCNC1. The molecule has 2 heterocycles. The molecule has 0 aliphatic carbocycles. The Hall–Kier alpha value is -1.08. The lowest BCUT2D eigenvalue weighted by Gasteiger charge is -2.32. The van der Waals surface area contributed by atoms with Gasteiger partial charge in [0.05, 0.1) is 21.8 Å². The molecule has 2 saturated heterocycles. The van der Waals surface area contributed by atoms with Crippen LogP contribution in [0, 0.1) is 0 Å². The van der Waals surface area contributed by atoms with Crippen LogP contribution in [0.5, 0.6) is 0 Å². The number of carbonyl (C=O) groups excluding carboxylic acids is 1. The Kier molecular flexibility index (Phi) is 4.92. The topological polar surface area (TPSA) is 50.8 Å². The Morgan fingerprint density at radius 2 is 1.92 bits per heavy atom. The molecule has 5 nitrogen and oxygen atoms in total. The highest BCUT2D eigenvalue weighted by Gasteiger charge is 2.51. The zero-order valence-corrected chi connectivity index (χ0v) is 16.3. The highest BCUT2D eigenvalue weighted by molar-refractivity contribution is 6.62. The van der Waals surface area contributed by atoms with E-state index in [1.807, 2.05) is 40.8 Å². The van der Waals surface area contributed by atoms with E-state index < -0.39 is 18.3 Å². The maximum Gasteiger partial charge on any atom is 0.494 e. The average molecular weight is 365 g/mol. The van der Waals surface area contributed by atoms with E-state index >= 15 is 0 Å². The number of rotatable bonds is 3. The van der Waals surface area contributed by atoms with Gasteiger partial charge >= 0.3 is 7.12 Å². The molecule has 3 rings (SSSR count). The summed E-state index contributed by atoms with van der Waals surface area (Å²) in [7, 11) is 1.35. The number of likely N-dealkylation sites (N-methyl/N-ethyl adjacent to an activating group) is 1. The number of nitrogens with zero attached hydrogens (tertiary/aromatic N) is 1. The van der Waals surface area contributed by atoms with Crippen molar-refractivity contribution in [2.75, 3.05) is 20.1 Å². The molecule has 1 aromatic carbocycles. The summed E-state index contributed by atoms with van der Waals surface area (Å²) in [5.41, 5.74) is 0.518. The molecule has 0 saturated carbocycles. The second-order valence-corrected chi connectivity index (χ2v) is 8.30. The maximum absolute atomic E-state index is 12.7. The molecule has 136 valence electrons. The standard InChI is InChI=1S/C18H26BClN2O3/c1-17(2)18(3,4)25-19(24-17)12-6-7-14(15(20)10-12)16(23)22(5)13-8-9-21-11-13/h6-7,10,13,21H,8-9,11H2,1-5H3/t13-/m0/s1. The lowest BCUT2D eigenvalue weighted by Crippen LogP contribution is -2.41. The first-order valence-corrected chi connectivity index (χ1v) is 9.13. The first-order chi connectivity index (χ1) is 11.6. The fourth-order valence-corrected chi connectivity index (χ4v) is 3.43. The maximum atomic E-state index is 12.7. The second-order valence-electron chi connectivity index (χ2n) is 7.89. The second kappa shape index (κ2) is 6.58. The molecule has 0 bridgehead atoms. The van der Waals surface area contributed by atoms with Crippen LogP contribution in [-0.2, 0) is 9.31 Å². The van der Waals surface area contributed by atoms with Crippen LogP contribution in [0.15, 0.2) is 18.2 Å². The zero-order valence-electron chi connectivity index (χ0n) is 15.6. The summed E-state index contributed by atoms with van der Waals surface area (Å²) in [6.07, 6.45) is 0.964. The third kappa shape index (κ3) is 3.45. The largest absolute Gasteiger partial charge is 0.494 e. The molecule has 1 aromatic rings. The number of carbonyl (C=O) groups is 1. The monoisotopic (exact) mass is 364 g/mol. The number of benzene rings is 1. The first kappa shape index (κ1) is 18.7. The molecular weight excluding hydrogens is 338 g/mol. The number of hydrogen-bond acceptors (Lipinski definition) is 4. The van der Waals surface area contributed by atoms with Gasteiger partial charge in [-0.25, -0.2) is 0 Å². The van der Waals surface area contributed by atoms with Gasteiger partial charge < -0.3 is 19.5 Å². The van der Waals surface area contributed by atoms with E-state index in [1.165, 1.54) is 0 Å². The summed E-state index contributed by atoms with van der Waals surface area (Å²) in [6, 6.07) is 5.62. The van der Waals surface area contributed by atoms with Crippen molar-refractivity contribution in [1.82, 2.24) is 10.2 Å². The summed E-state index contributed by atoms with van der Waals surface area (Å²) in [5, 5.41) is 3.70. The van der Waals surface area contributed by atoms with Gasteiger partial charge in [0.2, 0.25) is 0 Å². The van der Waals surface area contributed by atoms with Gasteiger partial charge in [0, 0.05) is 19.6 Å². The van der Waals surface area contributed by atoms with Crippen molar-refractivity contribution >= 4 is 30.1 Å². The Labute approximate surface area is 155 Å². The van der Waals surface area contributed by atoms with E-state index in [0.29, 0.717) is 10.6 Å². The van der Waals surface area contributed by atoms with Crippen LogP contribution in [0.1, 0.15) is 44.5 Å². The number of nitrogens with one attached hydrogen (secondary N) is 1. The Balaban J connectivity index is 1.78. The van der Waals surface area contributed by atoms with Gasteiger partial charge in [0.15, 0.2) is 0 Å². The highest BCUT2D eigenvalue weighted by Crippen LogP contribution is 2.36. The Morgan fingerprint density at radius 3 is 2.44 bits per heavy atom. The molecular formula is C18H26BClN2O3. The van der Waals surface area contributed by atoms with Crippen molar-refractivity contribution < 1.29 is 14.1 Å². The first-order valence-electron chi connectivity index (χ1n) is 8.75. The van der Waals surface area contributed by atoms with Gasteiger partial charge in [0.25, 0.3) is 5.91 Å². The van der Waals surface area contributed by atoms with E-state index in [4.69, 9.17) is 20.9 Å². The van der Waals surface area contributed by atoms with Crippen LogP contribution in [0.3, 0.4) is 0 Å². The van der Waals surface area contributed by atoms with Crippen molar-refractivity contribution in [1.29, 1.82) is 0 Å². The Morgan fingerprint density at radius 1 is 1.28 bits per heavy atom. The van der Waals surface area contributed by atoms with E-state index in [0.717, 1.165) is 25.0 Å². The zero-order chi connectivity index (χ0) is 18.4. The molecule has 0 unspecified atom stereocenters. The van der Waals surface area contributed by atoms with Crippen LogP contribution in [-0.4, -0.2) is 55.3 Å². The van der Waals surface area contributed by atoms with Crippen molar-refractivity contribution in [2.24, 2.45) is 0 Å². The van der Waals surface area contributed by atoms with Crippen molar-refractivity contribution in [3.63, 3.8) is 0 Å². The summed E-state index contributed by atoms with van der Waals surface area (Å²) < 4.78 is 12.1. The molecule has 0 radical (unpaired) electrons. The van der Waals surface area contributed by atoms with E-state index in [1.54, 1.807) is 17.0 Å². The number of halogens is 1. The molecule has 0 aromatic heterocycles. The van der Waals surface area contributed by atoms with Crippen molar-refractivity contribution in [3.05, 3.63) is 28.8 Å². The minimum absolute atomic E-state index is 0.0563. The normalized spacial score (nSPS) is 24.6. The molecule has 25 heavy (non-hydrogen) atoms. The fraction of sp³-hybridized carbons (Fsp3) is 0.611. The molecule has 7 heteroatoms. The van der Waals surface area contributed by atoms with Crippen LogP contribution < -0.4 is 10.8 Å². The summed E-state index contributed by atoms with van der Waals surface area (Å²) in [6.45, 7) is 9.81. The quantitative estimate of drug-likeness (QED) is 0.834. The van der Waals surface area contributed by atoms with Gasteiger partial charge in [0.1, 0.15) is 0 Å². The van der Waals surface area contributed by atoms with Crippen LogP contribution in [0.4, 0.5) is 0 Å². The molecule has 2 aliphatic heterocycles. The molecule has 2 aliphatic rings. The summed E-state index contributed by atoms with van der Waals surface area (Å²) in [5.74, 6) is -0.0563. The van der Waals surface area contributed by atoms with Crippen molar-refractivity contribution in [2.45, 2.75) is 51.4 Å². The summed E-state index contributed by atoms with van der Waals surface area (Å²) in [4.78, 5) is 14.5.